The highest BCUT2D eigenvalue weighted by molar-refractivity contribution is 7.89. The van der Waals surface area contributed by atoms with Gasteiger partial charge in [0.15, 0.2) is 5.03 Å². The average Bonchev–Trinajstić information content (AvgIpc) is 2.77. The Morgan fingerprint density at radius 3 is 2.56 bits per heavy atom. The quantitative estimate of drug-likeness (QED) is 0.910. The second kappa shape index (κ2) is 4.70. The van der Waals surface area contributed by atoms with Crippen LogP contribution in [0.5, 0.6) is 0 Å². The van der Waals surface area contributed by atoms with Crippen LogP contribution in [0, 0.1) is 0 Å². The van der Waals surface area contributed by atoms with Gasteiger partial charge < -0.3 is 4.40 Å². The number of hydrogen-bond donors (Lipinski definition) is 1. The van der Waals surface area contributed by atoms with E-state index in [1.807, 2.05) is 29.7 Å². The molecular formula is C12H17N3O2S. The van der Waals surface area contributed by atoms with Crippen molar-refractivity contribution in [3.63, 3.8) is 0 Å². The van der Waals surface area contributed by atoms with Crippen molar-refractivity contribution >= 4 is 15.5 Å². The molecule has 18 heavy (non-hydrogen) atoms. The summed E-state index contributed by atoms with van der Waals surface area (Å²) >= 11 is 0. The topological polar surface area (TPSA) is 63.5 Å². The van der Waals surface area contributed by atoms with Gasteiger partial charge in [0.1, 0.15) is 5.82 Å². The maximum Gasteiger partial charge on any atom is 0.259 e. The van der Waals surface area contributed by atoms with Gasteiger partial charge in [-0.25, -0.2) is 18.1 Å². The fourth-order valence-corrected chi connectivity index (χ4v) is 2.77. The molecule has 98 valence electrons. The predicted octanol–water partition coefficient (Wildman–Crippen LogP) is 1.37. The van der Waals surface area contributed by atoms with Crippen LogP contribution in [0.15, 0.2) is 23.4 Å². The minimum atomic E-state index is -3.52. The first-order valence-corrected chi connectivity index (χ1v) is 7.45. The molecule has 0 saturated carbocycles. The van der Waals surface area contributed by atoms with Crippen molar-refractivity contribution in [2.75, 3.05) is 7.05 Å². The number of sulfonamides is 1. The van der Waals surface area contributed by atoms with Crippen LogP contribution in [0.4, 0.5) is 0 Å². The molecule has 0 aliphatic carbocycles. The number of nitrogens with one attached hydrogen (secondary N) is 1. The molecule has 0 amide bonds. The number of rotatable bonds is 4. The van der Waals surface area contributed by atoms with Crippen molar-refractivity contribution in [2.24, 2.45) is 0 Å². The van der Waals surface area contributed by atoms with E-state index in [1.165, 1.54) is 7.05 Å². The highest BCUT2D eigenvalue weighted by Gasteiger charge is 2.21. The zero-order valence-electron chi connectivity index (χ0n) is 10.8. The molecule has 0 fully saturated rings. The maximum atomic E-state index is 11.9. The second-order valence-electron chi connectivity index (χ2n) is 4.04. The number of hydrogen-bond acceptors (Lipinski definition) is 3. The highest BCUT2D eigenvalue weighted by atomic mass is 32.2. The van der Waals surface area contributed by atoms with Gasteiger partial charge in [-0.3, -0.25) is 0 Å². The summed E-state index contributed by atoms with van der Waals surface area (Å²) < 4.78 is 28.0. The third kappa shape index (κ3) is 2.02. The van der Waals surface area contributed by atoms with Crippen LogP contribution in [0.3, 0.4) is 0 Å². The summed E-state index contributed by atoms with van der Waals surface area (Å²) in [5.41, 5.74) is 1.78. The zero-order chi connectivity index (χ0) is 13.3. The van der Waals surface area contributed by atoms with Crippen molar-refractivity contribution in [1.29, 1.82) is 0 Å². The Kier molecular flexibility index (Phi) is 3.41. The molecule has 0 saturated heterocycles. The summed E-state index contributed by atoms with van der Waals surface area (Å²) in [6, 6.07) is 3.75. The van der Waals surface area contributed by atoms with E-state index < -0.39 is 10.0 Å². The third-order valence-corrected chi connectivity index (χ3v) is 4.33. The number of aryl methyl sites for hydroxylation is 2. The summed E-state index contributed by atoms with van der Waals surface area (Å²) in [7, 11) is -2.12. The molecule has 0 spiro atoms. The van der Waals surface area contributed by atoms with Gasteiger partial charge in [0.05, 0.1) is 5.52 Å². The van der Waals surface area contributed by atoms with E-state index in [2.05, 4.69) is 16.6 Å². The minimum absolute atomic E-state index is 0.101. The number of nitrogens with zero attached hydrogens (tertiary/aromatic N) is 2. The van der Waals surface area contributed by atoms with Gasteiger partial charge in [-0.05, 0) is 25.1 Å². The van der Waals surface area contributed by atoms with Gasteiger partial charge in [0, 0.05) is 12.6 Å². The van der Waals surface area contributed by atoms with E-state index in [0.717, 1.165) is 17.8 Å². The van der Waals surface area contributed by atoms with E-state index in [4.69, 9.17) is 0 Å². The van der Waals surface area contributed by atoms with Crippen LogP contribution in [0.1, 0.15) is 25.2 Å². The lowest BCUT2D eigenvalue weighted by atomic mass is 10.2. The largest absolute Gasteiger partial charge is 0.302 e. The standard InChI is InChI=1S/C12H17N3O2S/c1-4-9-6-7-10-12(18(16,17)13-3)14-11(5-2)15(10)8-9/h6-8,13H,4-5H2,1-3H3. The molecule has 0 bridgehead atoms. The van der Waals surface area contributed by atoms with Crippen molar-refractivity contribution in [3.8, 4) is 0 Å². The van der Waals surface area contributed by atoms with Crippen molar-refractivity contribution < 1.29 is 8.42 Å². The van der Waals surface area contributed by atoms with Crippen molar-refractivity contribution in [3.05, 3.63) is 29.7 Å². The predicted molar refractivity (Wildman–Crippen MR) is 70.2 cm³/mol. The van der Waals surface area contributed by atoms with E-state index in [9.17, 15) is 8.42 Å². The Balaban J connectivity index is 2.78. The zero-order valence-corrected chi connectivity index (χ0v) is 11.6. The normalized spacial score (nSPS) is 12.2. The maximum absolute atomic E-state index is 11.9. The molecule has 2 aromatic heterocycles. The summed E-state index contributed by atoms with van der Waals surface area (Å²) in [6.07, 6.45) is 3.55. The number of aromatic nitrogens is 2. The molecule has 6 heteroatoms. The number of pyridine rings is 1. The van der Waals surface area contributed by atoms with Crippen molar-refractivity contribution in [2.45, 2.75) is 31.7 Å². The molecule has 2 aromatic rings. The van der Waals surface area contributed by atoms with Gasteiger partial charge in [0.2, 0.25) is 0 Å². The molecule has 2 rings (SSSR count). The Hall–Kier alpha value is -1.40. The van der Waals surface area contributed by atoms with Gasteiger partial charge in [0.25, 0.3) is 10.0 Å². The lowest BCUT2D eigenvalue weighted by molar-refractivity contribution is 0.586. The Labute approximate surface area is 107 Å². The number of imidazole rings is 1. The molecule has 0 unspecified atom stereocenters. The first-order chi connectivity index (χ1) is 8.53. The van der Waals surface area contributed by atoms with Crippen LogP contribution in [0.25, 0.3) is 5.52 Å². The van der Waals surface area contributed by atoms with Gasteiger partial charge in [-0.1, -0.05) is 19.9 Å². The summed E-state index contributed by atoms with van der Waals surface area (Å²) in [5.74, 6) is 0.758. The van der Waals surface area contributed by atoms with E-state index in [1.54, 1.807) is 0 Å². The molecule has 2 heterocycles. The first-order valence-electron chi connectivity index (χ1n) is 5.96. The Bertz CT molecular complexity index is 674. The lowest BCUT2D eigenvalue weighted by Crippen LogP contribution is -2.19. The first kappa shape index (κ1) is 13.0. The Morgan fingerprint density at radius 2 is 2.00 bits per heavy atom. The van der Waals surface area contributed by atoms with Gasteiger partial charge in [-0.2, -0.15) is 0 Å². The van der Waals surface area contributed by atoms with Crippen LogP contribution in [0.2, 0.25) is 0 Å². The van der Waals surface area contributed by atoms with E-state index in [-0.39, 0.29) is 5.03 Å². The van der Waals surface area contributed by atoms with Crippen LogP contribution >= 0.6 is 0 Å². The molecule has 0 aromatic carbocycles. The molecule has 0 aliphatic rings. The number of fused-ring (bicyclic) bond motifs is 1. The monoisotopic (exact) mass is 267 g/mol. The summed E-state index contributed by atoms with van der Waals surface area (Å²) in [4.78, 5) is 4.24. The fraction of sp³-hybridized carbons (Fsp3) is 0.417. The molecular weight excluding hydrogens is 250 g/mol. The SMILES string of the molecule is CCc1ccc2c(S(=O)(=O)NC)nc(CC)n2c1. The van der Waals surface area contributed by atoms with E-state index in [0.29, 0.717) is 11.9 Å². The van der Waals surface area contributed by atoms with Crippen molar-refractivity contribution in [1.82, 2.24) is 14.1 Å². The smallest absolute Gasteiger partial charge is 0.259 e. The lowest BCUT2D eigenvalue weighted by Gasteiger charge is -2.02. The summed E-state index contributed by atoms with van der Waals surface area (Å²) in [5, 5.41) is 0.101. The molecule has 0 radical (unpaired) electrons. The van der Waals surface area contributed by atoms with Crippen LogP contribution < -0.4 is 4.72 Å². The molecule has 1 N–H and O–H groups in total. The average molecular weight is 267 g/mol. The fourth-order valence-electron chi connectivity index (χ4n) is 1.91. The van der Waals surface area contributed by atoms with Crippen LogP contribution in [-0.4, -0.2) is 24.9 Å². The Morgan fingerprint density at radius 1 is 1.28 bits per heavy atom. The highest BCUT2D eigenvalue weighted by Crippen LogP contribution is 2.19. The molecule has 5 nitrogen and oxygen atoms in total. The second-order valence-corrected chi connectivity index (χ2v) is 5.84. The molecule has 0 aliphatic heterocycles. The minimum Gasteiger partial charge on any atom is -0.302 e. The molecule has 0 atom stereocenters. The van der Waals surface area contributed by atoms with Gasteiger partial charge >= 0.3 is 0 Å². The van der Waals surface area contributed by atoms with E-state index >= 15 is 0 Å². The van der Waals surface area contributed by atoms with Gasteiger partial charge in [-0.15, -0.1) is 0 Å². The third-order valence-electron chi connectivity index (χ3n) is 2.99. The summed E-state index contributed by atoms with van der Waals surface area (Å²) in [6.45, 7) is 4.03. The van der Waals surface area contributed by atoms with Crippen LogP contribution in [-0.2, 0) is 22.9 Å².